The lowest BCUT2D eigenvalue weighted by atomic mass is 10.00. The van der Waals surface area contributed by atoms with Crippen LogP contribution in [-0.4, -0.2) is 17.7 Å². The Hall–Kier alpha value is -1.24. The first-order chi connectivity index (χ1) is 7.26. The van der Waals surface area contributed by atoms with E-state index in [1.54, 1.807) is 0 Å². The Labute approximate surface area is 98.0 Å². The number of alkyl carbamates (subject to hydrolysis) is 1. The van der Waals surface area contributed by atoms with Crippen molar-refractivity contribution in [3.8, 4) is 6.07 Å². The van der Waals surface area contributed by atoms with Crippen LogP contribution in [0.15, 0.2) is 0 Å². The van der Waals surface area contributed by atoms with Crippen LogP contribution in [0.1, 0.15) is 47.5 Å². The van der Waals surface area contributed by atoms with E-state index >= 15 is 0 Å². The van der Waals surface area contributed by atoms with Gasteiger partial charge in [-0.05, 0) is 33.1 Å². The summed E-state index contributed by atoms with van der Waals surface area (Å²) in [7, 11) is 0. The third kappa shape index (κ3) is 7.10. The quantitative estimate of drug-likeness (QED) is 0.801. The zero-order valence-electron chi connectivity index (χ0n) is 10.8. The van der Waals surface area contributed by atoms with Crippen LogP contribution in [0.5, 0.6) is 0 Å². The number of ether oxygens (including phenoxy) is 1. The molecule has 0 aliphatic heterocycles. The number of hydrogen-bond donors (Lipinski definition) is 1. The molecule has 0 bridgehead atoms. The van der Waals surface area contributed by atoms with Gasteiger partial charge in [0.25, 0.3) is 0 Å². The van der Waals surface area contributed by atoms with E-state index in [1.165, 1.54) is 0 Å². The second-order valence-electron chi connectivity index (χ2n) is 5.19. The highest BCUT2D eigenvalue weighted by molar-refractivity contribution is 5.68. The minimum atomic E-state index is -0.485. The zero-order chi connectivity index (χ0) is 12.8. The molecule has 0 saturated heterocycles. The van der Waals surface area contributed by atoms with Crippen LogP contribution in [0, 0.1) is 17.2 Å². The molecule has 0 heterocycles. The largest absolute Gasteiger partial charge is 0.444 e. The molecule has 0 aliphatic carbocycles. The molecule has 0 rings (SSSR count). The molecule has 0 aromatic heterocycles. The van der Waals surface area contributed by atoms with E-state index < -0.39 is 11.7 Å². The molecule has 0 saturated carbocycles. The Morgan fingerprint density at radius 1 is 1.44 bits per heavy atom. The van der Waals surface area contributed by atoms with Gasteiger partial charge in [0.1, 0.15) is 5.60 Å². The number of carbonyl (C=O) groups is 1. The van der Waals surface area contributed by atoms with Crippen molar-refractivity contribution in [2.24, 2.45) is 5.92 Å². The fourth-order valence-corrected chi connectivity index (χ4v) is 1.25. The van der Waals surface area contributed by atoms with Gasteiger partial charge in [-0.1, -0.05) is 13.8 Å². The predicted molar refractivity (Wildman–Crippen MR) is 62.8 cm³/mol. The normalized spacial score (nSPS) is 13.1. The third-order valence-corrected chi connectivity index (χ3v) is 2.07. The van der Waals surface area contributed by atoms with Gasteiger partial charge in [-0.2, -0.15) is 5.26 Å². The predicted octanol–water partition coefficient (Wildman–Crippen LogP) is 2.84. The molecule has 1 atom stereocenters. The van der Waals surface area contributed by atoms with Gasteiger partial charge >= 0.3 is 6.09 Å². The Morgan fingerprint density at radius 3 is 2.38 bits per heavy atom. The summed E-state index contributed by atoms with van der Waals surface area (Å²) in [5, 5.41) is 11.3. The minimum absolute atomic E-state index is 0.00509. The van der Waals surface area contributed by atoms with Gasteiger partial charge in [-0.3, -0.25) is 0 Å². The summed E-state index contributed by atoms with van der Waals surface area (Å²) in [4.78, 5) is 11.5. The Bertz CT molecular complexity index is 261. The summed E-state index contributed by atoms with van der Waals surface area (Å²) in [6.07, 6.45) is 0.690. The van der Waals surface area contributed by atoms with E-state index in [4.69, 9.17) is 10.00 Å². The van der Waals surface area contributed by atoms with Crippen molar-refractivity contribution in [3.63, 3.8) is 0 Å². The summed E-state index contributed by atoms with van der Waals surface area (Å²) in [5.74, 6) is 0.292. The van der Waals surface area contributed by atoms with Crippen molar-refractivity contribution in [2.75, 3.05) is 0 Å². The van der Waals surface area contributed by atoms with Crippen LogP contribution in [0.2, 0.25) is 0 Å². The van der Waals surface area contributed by atoms with Gasteiger partial charge in [0, 0.05) is 12.5 Å². The van der Waals surface area contributed by atoms with Gasteiger partial charge in [0.15, 0.2) is 0 Å². The molecule has 0 aliphatic rings. The summed E-state index contributed by atoms with van der Waals surface area (Å²) in [6, 6.07) is 2.08. The number of nitrogens with zero attached hydrogens (tertiary/aromatic N) is 1. The van der Waals surface area contributed by atoms with E-state index in [0.717, 1.165) is 0 Å². The second-order valence-corrected chi connectivity index (χ2v) is 5.19. The third-order valence-electron chi connectivity index (χ3n) is 2.07. The lowest BCUT2D eigenvalue weighted by Gasteiger charge is -2.25. The van der Waals surface area contributed by atoms with E-state index in [1.807, 2.05) is 34.6 Å². The number of nitrogens with one attached hydrogen (secondary N) is 1. The Kier molecular flexibility index (Phi) is 5.87. The topological polar surface area (TPSA) is 62.1 Å². The number of hydrogen-bond acceptors (Lipinski definition) is 3. The molecular weight excluding hydrogens is 204 g/mol. The van der Waals surface area contributed by atoms with Crippen molar-refractivity contribution >= 4 is 6.09 Å². The lowest BCUT2D eigenvalue weighted by Crippen LogP contribution is -2.41. The highest BCUT2D eigenvalue weighted by Gasteiger charge is 2.20. The average Bonchev–Trinajstić information content (AvgIpc) is 2.08. The van der Waals surface area contributed by atoms with Crippen molar-refractivity contribution in [3.05, 3.63) is 0 Å². The van der Waals surface area contributed by atoms with Crippen LogP contribution in [0.3, 0.4) is 0 Å². The maximum Gasteiger partial charge on any atom is 0.407 e. The summed E-state index contributed by atoms with van der Waals surface area (Å²) in [6.45, 7) is 9.50. The number of rotatable bonds is 4. The van der Waals surface area contributed by atoms with E-state index in [-0.39, 0.29) is 6.04 Å². The molecular formula is C12H22N2O2. The monoisotopic (exact) mass is 226 g/mol. The number of carbonyl (C=O) groups excluding carboxylic acids is 1. The fourth-order valence-electron chi connectivity index (χ4n) is 1.25. The highest BCUT2D eigenvalue weighted by atomic mass is 16.6. The molecule has 0 aromatic rings. The molecule has 1 unspecified atom stereocenters. The Balaban J connectivity index is 4.20. The van der Waals surface area contributed by atoms with E-state index in [2.05, 4.69) is 11.4 Å². The SMILES string of the molecule is CC(C)C(CCC#N)NC(=O)OC(C)(C)C. The fraction of sp³-hybridized carbons (Fsp3) is 0.833. The molecule has 4 nitrogen and oxygen atoms in total. The van der Waals surface area contributed by atoms with Crippen LogP contribution < -0.4 is 5.32 Å². The van der Waals surface area contributed by atoms with Crippen LogP contribution >= 0.6 is 0 Å². The summed E-state index contributed by atoms with van der Waals surface area (Å²) < 4.78 is 5.17. The first kappa shape index (κ1) is 14.8. The van der Waals surface area contributed by atoms with Crippen molar-refractivity contribution in [1.29, 1.82) is 5.26 Å². The van der Waals surface area contributed by atoms with Crippen LogP contribution in [-0.2, 0) is 4.74 Å². The van der Waals surface area contributed by atoms with Gasteiger partial charge in [0.05, 0.1) is 6.07 Å². The molecule has 92 valence electrons. The smallest absolute Gasteiger partial charge is 0.407 e. The average molecular weight is 226 g/mol. The van der Waals surface area contributed by atoms with Crippen LogP contribution in [0.4, 0.5) is 4.79 Å². The maximum atomic E-state index is 11.5. The first-order valence-electron chi connectivity index (χ1n) is 5.62. The van der Waals surface area contributed by atoms with E-state index in [9.17, 15) is 4.79 Å². The lowest BCUT2D eigenvalue weighted by molar-refractivity contribution is 0.0488. The van der Waals surface area contributed by atoms with Crippen molar-refractivity contribution in [1.82, 2.24) is 5.32 Å². The van der Waals surface area contributed by atoms with Crippen molar-refractivity contribution < 1.29 is 9.53 Å². The molecule has 16 heavy (non-hydrogen) atoms. The molecule has 0 aromatic carbocycles. The van der Waals surface area contributed by atoms with Gasteiger partial charge in [-0.15, -0.1) is 0 Å². The molecule has 4 heteroatoms. The molecule has 0 fully saturated rings. The zero-order valence-corrected chi connectivity index (χ0v) is 10.8. The molecule has 1 amide bonds. The first-order valence-corrected chi connectivity index (χ1v) is 5.62. The standard InChI is InChI=1S/C12H22N2O2/c1-9(2)10(7-6-8-13)14-11(15)16-12(3,4)5/h9-10H,6-7H2,1-5H3,(H,14,15). The van der Waals surface area contributed by atoms with Gasteiger partial charge in [-0.25, -0.2) is 4.79 Å². The number of amides is 1. The molecule has 0 spiro atoms. The van der Waals surface area contributed by atoms with Gasteiger partial charge in [0.2, 0.25) is 0 Å². The summed E-state index contributed by atoms with van der Waals surface area (Å²) in [5.41, 5.74) is -0.485. The summed E-state index contributed by atoms with van der Waals surface area (Å²) >= 11 is 0. The second kappa shape index (κ2) is 6.37. The highest BCUT2D eigenvalue weighted by Crippen LogP contribution is 2.11. The van der Waals surface area contributed by atoms with Crippen LogP contribution in [0.25, 0.3) is 0 Å². The molecule has 1 N–H and O–H groups in total. The number of nitriles is 1. The van der Waals surface area contributed by atoms with Crippen molar-refractivity contribution in [2.45, 2.75) is 59.1 Å². The Morgan fingerprint density at radius 2 is 2.00 bits per heavy atom. The molecule has 0 radical (unpaired) electrons. The van der Waals surface area contributed by atoms with Gasteiger partial charge < -0.3 is 10.1 Å². The minimum Gasteiger partial charge on any atom is -0.444 e. The maximum absolute atomic E-state index is 11.5. The van der Waals surface area contributed by atoms with E-state index in [0.29, 0.717) is 18.8 Å².